The summed E-state index contributed by atoms with van der Waals surface area (Å²) in [5, 5.41) is 13.1. The third-order valence-electron chi connectivity index (χ3n) is 20.3. The SMILES string of the molecule is COC/C=C/C(=O)N(C)c1cncc(-c2cnc3[nH]cc(-c4cccc(C)c4)c3c2)c1.COC/C=C/C(=O)N(C)c1cncc(-c2cnc3[nH]cc(-c4ccnc(C#N)c4)c3c2)c1.COC/C=C/C(=O)N(C)c1cncc(-c2cnc3[nH]cc(-c4ccnc(C)c4)c3c2)c1.COC/C=C/C(=O)N(C)c1cncc(-c2cnc3[nH]cc(-c4ccnc(OC)c4)c3c2)c1. The number of benzene rings is 1. The van der Waals surface area contributed by atoms with E-state index in [0.29, 0.717) is 60.8 Å². The first kappa shape index (κ1) is 87.8. The number of aromatic amines is 4. The van der Waals surface area contributed by atoms with Crippen molar-refractivity contribution >= 4 is 90.5 Å². The van der Waals surface area contributed by atoms with Gasteiger partial charge in [0.2, 0.25) is 5.88 Å². The number of nitrogens with one attached hydrogen (secondary N) is 4. The maximum Gasteiger partial charge on any atom is 0.250 e. The number of anilines is 4. The summed E-state index contributed by atoms with van der Waals surface area (Å²) in [6.45, 7) is 5.59. The van der Waals surface area contributed by atoms with E-state index in [0.717, 1.165) is 139 Å². The van der Waals surface area contributed by atoms with Crippen LogP contribution in [0.4, 0.5) is 22.7 Å². The van der Waals surface area contributed by atoms with E-state index >= 15 is 0 Å². The van der Waals surface area contributed by atoms with E-state index < -0.39 is 0 Å². The van der Waals surface area contributed by atoms with Crippen molar-refractivity contribution in [1.29, 1.82) is 5.26 Å². The van der Waals surface area contributed by atoms with Gasteiger partial charge in [-0.3, -0.25) is 44.1 Å². The Morgan fingerprint density at radius 3 is 0.976 bits per heavy atom. The summed E-state index contributed by atoms with van der Waals surface area (Å²) in [7, 11) is 14.8. The molecule has 632 valence electrons. The van der Waals surface area contributed by atoms with Crippen LogP contribution in [0.15, 0.2) is 276 Å². The zero-order chi connectivity index (χ0) is 88.6. The first-order chi connectivity index (χ1) is 61.3. The Balaban J connectivity index is 0.000000144. The standard InChI is InChI=1S/C25H24N4O2.C24H20N6O2.C24H23N5O3.C24H23N5O2/c1-17-6-4-7-18(10-17)23-16-28-25-22(23)12-20(14-27-25)19-11-21(15-26-13-19)29(2)24(30)8-5-9-31-3;1-30(23(31)4-3-7-32-2)20-9-17(12-26-14-20)18-10-21-22(15-29-24(21)28-13-18)16-5-6-27-19(8-16)11-25;1-29(23(30)5-4-8-31-2)19-9-17(12-25-14-19)18-10-20-21(15-28-24(20)27-13-18)16-6-7-26-22(11-16)32-3;1-16-9-17(6-7-26-16)22-15-28-24-21(22)11-19(13-27-24)18-10-20(14-25-12-18)29(2)23(30)5-4-8-31-3/h4-8,10-16H,9H2,1-3H3,(H,27,28);3-6,8-10,12-15H,7H2,1-2H3,(H,28,29);4-7,9-15H,8H2,1-3H3,(H,27,28);4-7,9-15H,8H2,1-3H3,(H,27,28)/b8-5+;4-3+;2*5-4+. The number of fused-ring (bicyclic) bond motifs is 4. The van der Waals surface area contributed by atoms with Crippen LogP contribution in [0.3, 0.4) is 0 Å². The van der Waals surface area contributed by atoms with Gasteiger partial charge in [0, 0.05) is 274 Å². The number of methoxy groups -OCH3 is 5. The minimum absolute atomic E-state index is 0.142. The predicted octanol–water partition coefficient (Wildman–Crippen LogP) is 16.5. The van der Waals surface area contributed by atoms with Gasteiger partial charge in [-0.15, -0.1) is 0 Å². The number of carbonyl (C=O) groups is 4. The molecular formula is C97H90N20O9. The van der Waals surface area contributed by atoms with Gasteiger partial charge >= 0.3 is 0 Å². The number of likely N-dealkylation sites (N-methyl/N-ethyl adjacent to an activating group) is 4. The lowest BCUT2D eigenvalue weighted by Crippen LogP contribution is -2.24. The number of hydrogen-bond donors (Lipinski definition) is 4. The highest BCUT2D eigenvalue weighted by Gasteiger charge is 2.20. The third kappa shape index (κ3) is 21.5. The first-order valence-corrected chi connectivity index (χ1v) is 39.6. The van der Waals surface area contributed by atoms with Crippen LogP contribution in [-0.4, -0.2) is 189 Å². The highest BCUT2D eigenvalue weighted by atomic mass is 16.5. The van der Waals surface area contributed by atoms with Crippen LogP contribution in [0.1, 0.15) is 17.0 Å². The normalized spacial score (nSPS) is 11.2. The topological polar surface area (TPSA) is 356 Å². The van der Waals surface area contributed by atoms with Gasteiger partial charge in [0.25, 0.3) is 23.6 Å². The average molecular weight is 1680 g/mol. The molecule has 29 nitrogen and oxygen atoms in total. The summed E-state index contributed by atoms with van der Waals surface area (Å²) in [5.74, 6) is -0.0739. The van der Waals surface area contributed by atoms with E-state index in [4.69, 9.17) is 28.9 Å². The minimum Gasteiger partial charge on any atom is -0.481 e. The predicted molar refractivity (Wildman–Crippen MR) is 491 cm³/mol. The summed E-state index contributed by atoms with van der Waals surface area (Å²) in [4.78, 5) is 117. The van der Waals surface area contributed by atoms with Crippen molar-refractivity contribution in [2.75, 3.05) is 110 Å². The highest BCUT2D eigenvalue weighted by molar-refractivity contribution is 6.05. The first-order valence-electron chi connectivity index (χ1n) is 39.6. The summed E-state index contributed by atoms with van der Waals surface area (Å²) in [5.41, 5.74) is 23.7. The van der Waals surface area contributed by atoms with E-state index in [-0.39, 0.29) is 23.6 Å². The molecule has 0 unspecified atom stereocenters. The molecule has 16 rings (SSSR count). The number of rotatable bonds is 25. The van der Waals surface area contributed by atoms with Crippen molar-refractivity contribution in [3.05, 3.63) is 292 Å². The van der Waals surface area contributed by atoms with Crippen LogP contribution in [0.2, 0.25) is 0 Å². The van der Waals surface area contributed by atoms with Gasteiger partial charge in [-0.25, -0.2) is 29.9 Å². The van der Waals surface area contributed by atoms with E-state index in [1.165, 1.54) is 34.8 Å². The Morgan fingerprint density at radius 2 is 0.659 bits per heavy atom. The molecule has 0 radical (unpaired) electrons. The lowest BCUT2D eigenvalue weighted by Gasteiger charge is -2.16. The zero-order valence-corrected chi connectivity index (χ0v) is 71.1. The molecule has 16 aromatic rings. The molecule has 0 aliphatic rings. The fraction of sp³-hybridized carbons (Fsp3) is 0.155. The maximum absolute atomic E-state index is 12.4. The molecule has 15 heterocycles. The van der Waals surface area contributed by atoms with Crippen molar-refractivity contribution in [2.24, 2.45) is 0 Å². The van der Waals surface area contributed by atoms with Crippen LogP contribution in [0, 0.1) is 25.2 Å². The number of aromatic nitrogens is 15. The van der Waals surface area contributed by atoms with Crippen LogP contribution >= 0.6 is 0 Å². The number of hydrogen-bond acceptors (Lipinski definition) is 21. The monoisotopic (exact) mass is 1680 g/mol. The van der Waals surface area contributed by atoms with Gasteiger partial charge in [-0.05, 0) is 115 Å². The fourth-order valence-corrected chi connectivity index (χ4v) is 13.5. The summed E-state index contributed by atoms with van der Waals surface area (Å²) in [6.07, 6.45) is 46.4. The zero-order valence-electron chi connectivity index (χ0n) is 71.1. The van der Waals surface area contributed by atoms with Crippen LogP contribution < -0.4 is 24.3 Å². The number of nitriles is 1. The second kappa shape index (κ2) is 42.0. The van der Waals surface area contributed by atoms with E-state index in [2.05, 4.69) is 136 Å². The number of H-pyrrole nitrogens is 4. The summed E-state index contributed by atoms with van der Waals surface area (Å²) < 4.78 is 25.0. The molecule has 0 bridgehead atoms. The van der Waals surface area contributed by atoms with Crippen molar-refractivity contribution in [3.63, 3.8) is 0 Å². The van der Waals surface area contributed by atoms with E-state index in [1.54, 1.807) is 183 Å². The average Bonchev–Trinajstić information content (AvgIpc) is 1.64. The second-order valence-electron chi connectivity index (χ2n) is 28.7. The Morgan fingerprint density at radius 1 is 0.349 bits per heavy atom. The lowest BCUT2D eigenvalue weighted by atomic mass is 10.0. The molecule has 0 saturated heterocycles. The highest BCUT2D eigenvalue weighted by Crippen LogP contribution is 2.38. The molecule has 4 N–H and O–H groups in total. The Kier molecular flexibility index (Phi) is 29.3. The second-order valence-corrected chi connectivity index (χ2v) is 28.7. The summed E-state index contributed by atoms with van der Waals surface area (Å²) in [6, 6.07) is 37.9. The van der Waals surface area contributed by atoms with Gasteiger partial charge in [0.05, 0.1) is 81.1 Å². The van der Waals surface area contributed by atoms with Gasteiger partial charge in [-0.2, -0.15) is 5.26 Å². The number of carbonyl (C=O) groups excluding carboxylic acids is 4. The Labute approximate surface area is 726 Å². The molecule has 0 spiro atoms. The van der Waals surface area contributed by atoms with Crippen molar-refractivity contribution < 1.29 is 42.9 Å². The quantitative estimate of drug-likeness (QED) is 0.0386. The third-order valence-corrected chi connectivity index (χ3v) is 20.3. The maximum atomic E-state index is 12.4. The van der Waals surface area contributed by atoms with Gasteiger partial charge in [-0.1, -0.05) is 54.1 Å². The van der Waals surface area contributed by atoms with Gasteiger partial charge in [0.1, 0.15) is 34.4 Å². The molecule has 29 heteroatoms. The number of amides is 4. The molecule has 0 aliphatic carbocycles. The summed E-state index contributed by atoms with van der Waals surface area (Å²) >= 11 is 0. The minimum atomic E-state index is -0.173. The molecule has 0 aliphatic heterocycles. The van der Waals surface area contributed by atoms with E-state index in [9.17, 15) is 19.2 Å². The number of pyridine rings is 11. The van der Waals surface area contributed by atoms with Crippen molar-refractivity contribution in [1.82, 2.24) is 74.8 Å². The number of nitrogens with zero attached hydrogens (tertiary/aromatic N) is 16. The number of ether oxygens (including phenoxy) is 5. The molecule has 4 amide bonds. The fourth-order valence-electron chi connectivity index (χ4n) is 13.5. The largest absolute Gasteiger partial charge is 0.481 e. The van der Waals surface area contributed by atoms with Crippen LogP contribution in [-0.2, 0) is 38.1 Å². The molecule has 15 aromatic heterocycles. The molecule has 0 atom stereocenters. The van der Waals surface area contributed by atoms with Gasteiger partial charge in [0.15, 0.2) is 0 Å². The molecule has 1 aromatic carbocycles. The molecule has 0 fully saturated rings. The molecule has 0 saturated carbocycles. The molecular weight excluding hydrogens is 1590 g/mol. The van der Waals surface area contributed by atoms with E-state index in [1.807, 2.05) is 105 Å². The van der Waals surface area contributed by atoms with Crippen LogP contribution in [0.25, 0.3) is 133 Å². The lowest BCUT2D eigenvalue weighted by molar-refractivity contribution is -0.114. The van der Waals surface area contributed by atoms with Crippen LogP contribution in [0.5, 0.6) is 5.88 Å². The smallest absolute Gasteiger partial charge is 0.250 e. The number of aryl methyl sites for hydroxylation is 2. The Bertz CT molecular complexity index is 6560. The van der Waals surface area contributed by atoms with Crippen molar-refractivity contribution in [2.45, 2.75) is 13.8 Å². The molecule has 126 heavy (non-hydrogen) atoms. The van der Waals surface area contributed by atoms with Crippen molar-refractivity contribution in [3.8, 4) is 101 Å². The Hall–Kier alpha value is -16.0. The van der Waals surface area contributed by atoms with Gasteiger partial charge < -0.3 is 63.2 Å².